The molecule has 2 aliphatic heterocycles. The van der Waals surface area contributed by atoms with E-state index in [-0.39, 0.29) is 0 Å². The third kappa shape index (κ3) is 2.08. The lowest BCUT2D eigenvalue weighted by Crippen LogP contribution is -2.48. The van der Waals surface area contributed by atoms with Gasteiger partial charge >= 0.3 is 0 Å². The minimum Gasteiger partial charge on any atom is -0.373 e. The number of aromatic nitrogens is 2. The highest BCUT2D eigenvalue weighted by Crippen LogP contribution is 2.25. The van der Waals surface area contributed by atoms with Gasteiger partial charge in [0.25, 0.3) is 0 Å². The Balaban J connectivity index is 1.82. The Morgan fingerprint density at radius 1 is 1.28 bits per heavy atom. The molecule has 2 saturated heterocycles. The fraction of sp³-hybridized carbons (Fsp3) is 0.692. The first-order chi connectivity index (χ1) is 8.63. The normalized spacial score (nSPS) is 28.5. The van der Waals surface area contributed by atoms with Gasteiger partial charge in [-0.05, 0) is 20.9 Å². The predicted molar refractivity (Wildman–Crippen MR) is 69.9 cm³/mol. The van der Waals surface area contributed by atoms with Crippen LogP contribution in [-0.2, 0) is 4.74 Å². The molecule has 5 nitrogen and oxygen atoms in total. The summed E-state index contributed by atoms with van der Waals surface area (Å²) in [6.07, 6.45) is 0.319. The van der Waals surface area contributed by atoms with Crippen molar-refractivity contribution < 1.29 is 4.74 Å². The van der Waals surface area contributed by atoms with Gasteiger partial charge in [-0.2, -0.15) is 0 Å². The zero-order valence-electron chi connectivity index (χ0n) is 11.3. The van der Waals surface area contributed by atoms with Crippen LogP contribution in [0.4, 0.5) is 5.82 Å². The minimum absolute atomic E-state index is 0.319. The van der Waals surface area contributed by atoms with Gasteiger partial charge in [0, 0.05) is 31.4 Å². The van der Waals surface area contributed by atoms with Crippen LogP contribution in [-0.4, -0.2) is 60.3 Å². The van der Waals surface area contributed by atoms with E-state index < -0.39 is 0 Å². The summed E-state index contributed by atoms with van der Waals surface area (Å²) >= 11 is 0. The third-order valence-electron chi connectivity index (χ3n) is 3.86. The van der Waals surface area contributed by atoms with Gasteiger partial charge in [-0.3, -0.25) is 4.90 Å². The zero-order valence-corrected chi connectivity index (χ0v) is 11.3. The van der Waals surface area contributed by atoms with Crippen molar-refractivity contribution in [3.63, 3.8) is 0 Å². The quantitative estimate of drug-likeness (QED) is 0.728. The Morgan fingerprint density at radius 2 is 2.11 bits per heavy atom. The van der Waals surface area contributed by atoms with Crippen LogP contribution in [0.5, 0.6) is 0 Å². The third-order valence-corrected chi connectivity index (χ3v) is 3.86. The van der Waals surface area contributed by atoms with Crippen molar-refractivity contribution in [2.24, 2.45) is 0 Å². The Bertz CT molecular complexity index is 430. The predicted octanol–water partition coefficient (Wildman–Crippen LogP) is 0.613. The average molecular weight is 248 g/mol. The molecule has 0 N–H and O–H groups in total. The highest BCUT2D eigenvalue weighted by atomic mass is 16.5. The van der Waals surface area contributed by atoms with Gasteiger partial charge in [0.15, 0.2) is 0 Å². The van der Waals surface area contributed by atoms with Gasteiger partial charge in [-0.1, -0.05) is 0 Å². The molecule has 3 heterocycles. The molecular formula is C13H20N4O. The van der Waals surface area contributed by atoms with Gasteiger partial charge in [0.05, 0.1) is 18.8 Å². The van der Waals surface area contributed by atoms with Crippen molar-refractivity contribution >= 4 is 5.82 Å². The van der Waals surface area contributed by atoms with Crippen molar-refractivity contribution in [3.8, 4) is 0 Å². The standard InChI is InChI=1S/C13H20N4O/c1-9-6-13(15-10(2)14-9)17-7-11-12(8-17)18-5-4-16(11)3/h6,11-12H,4-5,7-8H2,1-3H3/t11-,12+/m0/s1. The highest BCUT2D eigenvalue weighted by Gasteiger charge is 2.39. The first-order valence-corrected chi connectivity index (χ1v) is 6.52. The summed E-state index contributed by atoms with van der Waals surface area (Å²) in [6.45, 7) is 7.76. The number of aryl methyl sites for hydroxylation is 2. The summed E-state index contributed by atoms with van der Waals surface area (Å²) in [5.74, 6) is 1.88. The Morgan fingerprint density at radius 3 is 2.83 bits per heavy atom. The van der Waals surface area contributed by atoms with Crippen LogP contribution in [0.1, 0.15) is 11.5 Å². The van der Waals surface area contributed by atoms with E-state index >= 15 is 0 Å². The van der Waals surface area contributed by atoms with Gasteiger partial charge in [-0.25, -0.2) is 9.97 Å². The van der Waals surface area contributed by atoms with E-state index in [1.807, 2.05) is 13.8 Å². The molecule has 98 valence electrons. The molecule has 0 bridgehead atoms. The van der Waals surface area contributed by atoms with Crippen molar-refractivity contribution in [1.82, 2.24) is 14.9 Å². The summed E-state index contributed by atoms with van der Waals surface area (Å²) < 4.78 is 5.86. The number of ether oxygens (including phenoxy) is 1. The van der Waals surface area contributed by atoms with Gasteiger partial charge in [0.1, 0.15) is 11.6 Å². The zero-order chi connectivity index (χ0) is 12.7. The molecular weight excluding hydrogens is 228 g/mol. The lowest BCUT2D eigenvalue weighted by molar-refractivity contribution is -0.0362. The van der Waals surface area contributed by atoms with Crippen LogP contribution in [0.15, 0.2) is 6.07 Å². The molecule has 2 fully saturated rings. The molecule has 2 atom stereocenters. The van der Waals surface area contributed by atoms with E-state index in [9.17, 15) is 0 Å². The molecule has 0 unspecified atom stereocenters. The van der Waals surface area contributed by atoms with Crippen molar-refractivity contribution in [1.29, 1.82) is 0 Å². The largest absolute Gasteiger partial charge is 0.373 e. The summed E-state index contributed by atoms with van der Waals surface area (Å²) in [6, 6.07) is 2.55. The summed E-state index contributed by atoms with van der Waals surface area (Å²) in [5.41, 5.74) is 1.03. The number of nitrogens with zero attached hydrogens (tertiary/aromatic N) is 4. The fourth-order valence-electron chi connectivity index (χ4n) is 2.90. The Kier molecular flexibility index (Phi) is 2.95. The fourth-order valence-corrected chi connectivity index (χ4v) is 2.90. The van der Waals surface area contributed by atoms with E-state index in [4.69, 9.17) is 4.74 Å². The summed E-state index contributed by atoms with van der Waals surface area (Å²) in [5, 5.41) is 0. The number of anilines is 1. The van der Waals surface area contributed by atoms with Crippen LogP contribution in [0.25, 0.3) is 0 Å². The molecule has 2 aliphatic rings. The summed E-state index contributed by atoms with van der Waals surface area (Å²) in [4.78, 5) is 13.6. The number of fused-ring (bicyclic) bond motifs is 1. The lowest BCUT2D eigenvalue weighted by atomic mass is 10.1. The number of hydrogen-bond acceptors (Lipinski definition) is 5. The van der Waals surface area contributed by atoms with E-state index in [0.29, 0.717) is 12.1 Å². The van der Waals surface area contributed by atoms with Crippen LogP contribution < -0.4 is 4.90 Å². The summed E-state index contributed by atoms with van der Waals surface area (Å²) in [7, 11) is 2.18. The van der Waals surface area contributed by atoms with Crippen LogP contribution in [0.3, 0.4) is 0 Å². The second-order valence-electron chi connectivity index (χ2n) is 5.28. The smallest absolute Gasteiger partial charge is 0.132 e. The number of hydrogen-bond donors (Lipinski definition) is 0. The number of likely N-dealkylation sites (N-methyl/N-ethyl adjacent to an activating group) is 1. The molecule has 0 aromatic carbocycles. The maximum absolute atomic E-state index is 5.86. The molecule has 0 amide bonds. The molecule has 0 saturated carbocycles. The van der Waals surface area contributed by atoms with Crippen LogP contribution in [0, 0.1) is 13.8 Å². The second-order valence-corrected chi connectivity index (χ2v) is 5.28. The van der Waals surface area contributed by atoms with Crippen molar-refractivity contribution in [2.75, 3.05) is 38.2 Å². The van der Waals surface area contributed by atoms with E-state index in [2.05, 4.69) is 32.9 Å². The Labute approximate surface area is 108 Å². The maximum Gasteiger partial charge on any atom is 0.132 e. The maximum atomic E-state index is 5.86. The molecule has 0 aliphatic carbocycles. The molecule has 1 aromatic heterocycles. The molecule has 0 radical (unpaired) electrons. The molecule has 5 heteroatoms. The van der Waals surface area contributed by atoms with Gasteiger partial charge < -0.3 is 9.64 Å². The first kappa shape index (κ1) is 11.9. The van der Waals surface area contributed by atoms with Crippen molar-refractivity contribution in [3.05, 3.63) is 17.6 Å². The molecule has 3 rings (SSSR count). The topological polar surface area (TPSA) is 41.5 Å². The molecule has 1 aromatic rings. The van der Waals surface area contributed by atoms with E-state index in [1.165, 1.54) is 0 Å². The van der Waals surface area contributed by atoms with Crippen molar-refractivity contribution in [2.45, 2.75) is 26.0 Å². The first-order valence-electron chi connectivity index (χ1n) is 6.52. The van der Waals surface area contributed by atoms with E-state index in [0.717, 1.165) is 43.6 Å². The van der Waals surface area contributed by atoms with Gasteiger partial charge in [0.2, 0.25) is 0 Å². The average Bonchev–Trinajstić information content (AvgIpc) is 2.73. The SMILES string of the molecule is Cc1cc(N2C[C@H]3OCCN(C)[C@H]3C2)nc(C)n1. The molecule has 0 spiro atoms. The minimum atomic E-state index is 0.319. The number of rotatable bonds is 1. The van der Waals surface area contributed by atoms with Crippen LogP contribution in [0.2, 0.25) is 0 Å². The lowest BCUT2D eigenvalue weighted by Gasteiger charge is -2.33. The second kappa shape index (κ2) is 4.48. The number of morpholine rings is 1. The van der Waals surface area contributed by atoms with Crippen LogP contribution >= 0.6 is 0 Å². The highest BCUT2D eigenvalue weighted by molar-refractivity contribution is 5.42. The Hall–Kier alpha value is -1.20. The molecule has 18 heavy (non-hydrogen) atoms. The van der Waals surface area contributed by atoms with E-state index in [1.54, 1.807) is 0 Å². The monoisotopic (exact) mass is 248 g/mol. The van der Waals surface area contributed by atoms with Gasteiger partial charge in [-0.15, -0.1) is 0 Å².